The first-order valence-electron chi connectivity index (χ1n) is 8.36. The Bertz CT molecular complexity index is 523. The molecule has 1 aliphatic heterocycles. The summed E-state index contributed by atoms with van der Waals surface area (Å²) >= 11 is 0. The van der Waals surface area contributed by atoms with Crippen LogP contribution >= 0.6 is 24.0 Å². The quantitative estimate of drug-likeness (QED) is 0.429. The highest BCUT2D eigenvalue weighted by Crippen LogP contribution is 2.19. The molecule has 0 aliphatic carbocycles. The van der Waals surface area contributed by atoms with Crippen molar-refractivity contribution in [2.45, 2.75) is 19.4 Å². The lowest BCUT2D eigenvalue weighted by molar-refractivity contribution is 0.209. The zero-order chi connectivity index (χ0) is 16.7. The average molecular weight is 446 g/mol. The van der Waals surface area contributed by atoms with Crippen LogP contribution in [-0.4, -0.2) is 63.6 Å². The van der Waals surface area contributed by atoms with Crippen LogP contribution < -0.4 is 10.1 Å². The third kappa shape index (κ3) is 6.12. The Morgan fingerprint density at radius 1 is 1.42 bits per heavy atom. The molecule has 1 fully saturated rings. The van der Waals surface area contributed by atoms with Gasteiger partial charge in [-0.05, 0) is 38.4 Å². The zero-order valence-corrected chi connectivity index (χ0v) is 17.6. The molecule has 0 radical (unpaired) electrons. The summed E-state index contributed by atoms with van der Waals surface area (Å²) in [5.74, 6) is 2.55. The van der Waals surface area contributed by atoms with E-state index in [4.69, 9.17) is 4.74 Å². The van der Waals surface area contributed by atoms with E-state index in [-0.39, 0.29) is 24.0 Å². The standard InChI is InChI=1S/C18H30N4O.HI/c1-19-18(20-12-15-8-7-11-21(2)13-15)22(3)14-16-9-5-6-10-17(16)23-4;/h5-6,9-10,15H,7-8,11-14H2,1-4H3,(H,19,20);1H. The summed E-state index contributed by atoms with van der Waals surface area (Å²) in [6, 6.07) is 8.13. The predicted octanol–water partition coefficient (Wildman–Crippen LogP) is 2.66. The van der Waals surface area contributed by atoms with Gasteiger partial charge in [0.05, 0.1) is 7.11 Å². The van der Waals surface area contributed by atoms with Crippen molar-refractivity contribution in [2.75, 3.05) is 47.9 Å². The van der Waals surface area contributed by atoms with E-state index in [1.54, 1.807) is 7.11 Å². The molecule has 1 saturated heterocycles. The number of ether oxygens (including phenoxy) is 1. The summed E-state index contributed by atoms with van der Waals surface area (Å²) < 4.78 is 5.43. The second-order valence-corrected chi connectivity index (χ2v) is 6.37. The van der Waals surface area contributed by atoms with Crippen molar-refractivity contribution in [1.29, 1.82) is 0 Å². The molecule has 0 saturated carbocycles. The summed E-state index contributed by atoms with van der Waals surface area (Å²) in [4.78, 5) is 8.98. The number of methoxy groups -OCH3 is 1. The molecule has 1 aromatic rings. The summed E-state index contributed by atoms with van der Waals surface area (Å²) in [7, 11) is 7.82. The van der Waals surface area contributed by atoms with Crippen LogP contribution in [0.1, 0.15) is 18.4 Å². The molecule has 1 N–H and O–H groups in total. The van der Waals surface area contributed by atoms with Crippen molar-refractivity contribution in [3.05, 3.63) is 29.8 Å². The monoisotopic (exact) mass is 446 g/mol. The summed E-state index contributed by atoms with van der Waals surface area (Å²) in [6.45, 7) is 4.14. The van der Waals surface area contributed by atoms with E-state index in [1.807, 2.05) is 25.2 Å². The van der Waals surface area contributed by atoms with E-state index in [0.29, 0.717) is 5.92 Å². The summed E-state index contributed by atoms with van der Waals surface area (Å²) in [6.07, 6.45) is 2.59. The second kappa shape index (κ2) is 10.8. The number of aliphatic imine (C=N–C) groups is 1. The molecule has 1 heterocycles. The number of nitrogens with zero attached hydrogens (tertiary/aromatic N) is 3. The van der Waals surface area contributed by atoms with Gasteiger partial charge in [0.1, 0.15) is 5.75 Å². The molecule has 0 aromatic heterocycles. The maximum atomic E-state index is 5.43. The topological polar surface area (TPSA) is 40.1 Å². The number of nitrogens with one attached hydrogen (secondary N) is 1. The lowest BCUT2D eigenvalue weighted by Crippen LogP contribution is -2.44. The Morgan fingerprint density at radius 3 is 2.83 bits per heavy atom. The number of para-hydroxylation sites is 1. The van der Waals surface area contributed by atoms with Gasteiger partial charge >= 0.3 is 0 Å². The van der Waals surface area contributed by atoms with Gasteiger partial charge in [-0.2, -0.15) is 0 Å². The van der Waals surface area contributed by atoms with Crippen LogP contribution in [0.25, 0.3) is 0 Å². The number of benzene rings is 1. The van der Waals surface area contributed by atoms with Crippen molar-refractivity contribution >= 4 is 29.9 Å². The zero-order valence-electron chi connectivity index (χ0n) is 15.3. The minimum atomic E-state index is 0. The fourth-order valence-electron chi connectivity index (χ4n) is 3.22. The summed E-state index contributed by atoms with van der Waals surface area (Å²) in [5.41, 5.74) is 1.16. The fourth-order valence-corrected chi connectivity index (χ4v) is 3.22. The van der Waals surface area contributed by atoms with Gasteiger partial charge < -0.3 is 19.9 Å². The van der Waals surface area contributed by atoms with E-state index in [0.717, 1.165) is 30.4 Å². The highest BCUT2D eigenvalue weighted by Gasteiger charge is 2.18. The maximum Gasteiger partial charge on any atom is 0.193 e. The number of hydrogen-bond acceptors (Lipinski definition) is 3. The van der Waals surface area contributed by atoms with Crippen LogP contribution in [0, 0.1) is 5.92 Å². The molecule has 24 heavy (non-hydrogen) atoms. The van der Waals surface area contributed by atoms with Crippen LogP contribution in [0.2, 0.25) is 0 Å². The van der Waals surface area contributed by atoms with Crippen LogP contribution in [-0.2, 0) is 6.54 Å². The Balaban J connectivity index is 0.00000288. The van der Waals surface area contributed by atoms with Crippen LogP contribution in [0.3, 0.4) is 0 Å². The number of piperidine rings is 1. The van der Waals surface area contributed by atoms with Crippen molar-refractivity contribution in [3.8, 4) is 5.75 Å². The first-order chi connectivity index (χ1) is 11.1. The molecule has 2 rings (SSSR count). The molecular formula is C18H31IN4O. The first-order valence-corrected chi connectivity index (χ1v) is 8.36. The molecule has 1 aliphatic rings. The Hall–Kier alpha value is -1.02. The smallest absolute Gasteiger partial charge is 0.193 e. The van der Waals surface area contributed by atoms with Crippen LogP contribution in [0.5, 0.6) is 5.75 Å². The van der Waals surface area contributed by atoms with Gasteiger partial charge in [-0.3, -0.25) is 4.99 Å². The van der Waals surface area contributed by atoms with Crippen molar-refractivity contribution in [2.24, 2.45) is 10.9 Å². The fraction of sp³-hybridized carbons (Fsp3) is 0.611. The van der Waals surface area contributed by atoms with Gasteiger partial charge in [0.25, 0.3) is 0 Å². The van der Waals surface area contributed by atoms with Crippen LogP contribution in [0.15, 0.2) is 29.3 Å². The highest BCUT2D eigenvalue weighted by atomic mass is 127. The highest BCUT2D eigenvalue weighted by molar-refractivity contribution is 14.0. The number of halogens is 1. The van der Waals surface area contributed by atoms with Gasteiger partial charge in [0.15, 0.2) is 5.96 Å². The molecule has 0 amide bonds. The molecule has 6 heteroatoms. The Kier molecular flexibility index (Phi) is 9.43. The Morgan fingerprint density at radius 2 is 2.17 bits per heavy atom. The van der Waals surface area contributed by atoms with E-state index >= 15 is 0 Å². The van der Waals surface area contributed by atoms with Crippen molar-refractivity contribution in [1.82, 2.24) is 15.1 Å². The SMILES string of the molecule is CN=C(NCC1CCCN(C)C1)N(C)Cc1ccccc1OC.I. The molecule has 1 unspecified atom stereocenters. The van der Waals surface area contributed by atoms with Gasteiger partial charge in [-0.1, -0.05) is 18.2 Å². The van der Waals surface area contributed by atoms with Gasteiger partial charge in [-0.25, -0.2) is 0 Å². The van der Waals surface area contributed by atoms with Crippen LogP contribution in [0.4, 0.5) is 0 Å². The minimum Gasteiger partial charge on any atom is -0.496 e. The average Bonchev–Trinajstić information content (AvgIpc) is 2.56. The Labute approximate surface area is 163 Å². The largest absolute Gasteiger partial charge is 0.496 e. The first kappa shape index (κ1) is 21.0. The summed E-state index contributed by atoms with van der Waals surface area (Å²) in [5, 5.41) is 3.53. The molecule has 1 aromatic carbocycles. The number of rotatable bonds is 5. The number of guanidine groups is 1. The molecule has 5 nitrogen and oxygen atoms in total. The molecule has 0 spiro atoms. The molecular weight excluding hydrogens is 415 g/mol. The van der Waals surface area contributed by atoms with E-state index in [1.165, 1.54) is 25.9 Å². The lowest BCUT2D eigenvalue weighted by Gasteiger charge is -2.31. The molecule has 1 atom stereocenters. The van der Waals surface area contributed by atoms with Gasteiger partial charge in [0, 0.05) is 39.3 Å². The predicted molar refractivity (Wildman–Crippen MR) is 111 cm³/mol. The number of hydrogen-bond donors (Lipinski definition) is 1. The maximum absolute atomic E-state index is 5.43. The molecule has 0 bridgehead atoms. The normalized spacial score (nSPS) is 18.7. The van der Waals surface area contributed by atoms with Crippen molar-refractivity contribution < 1.29 is 4.74 Å². The van der Waals surface area contributed by atoms with E-state index < -0.39 is 0 Å². The third-order valence-corrected chi connectivity index (χ3v) is 4.44. The molecule has 136 valence electrons. The second-order valence-electron chi connectivity index (χ2n) is 6.37. The lowest BCUT2D eigenvalue weighted by atomic mass is 9.98. The van der Waals surface area contributed by atoms with Gasteiger partial charge in [-0.15, -0.1) is 24.0 Å². The minimum absolute atomic E-state index is 0. The van der Waals surface area contributed by atoms with Crippen molar-refractivity contribution in [3.63, 3.8) is 0 Å². The van der Waals surface area contributed by atoms with Gasteiger partial charge in [0.2, 0.25) is 0 Å². The van der Waals surface area contributed by atoms with E-state index in [2.05, 4.69) is 40.3 Å². The number of likely N-dealkylation sites (tertiary alicyclic amines) is 1. The van der Waals surface area contributed by atoms with E-state index in [9.17, 15) is 0 Å². The third-order valence-electron chi connectivity index (χ3n) is 4.44.